The molecule has 1 fully saturated rings. The number of hydrogen-bond donors (Lipinski definition) is 2. The van der Waals surface area contributed by atoms with E-state index in [1.54, 1.807) is 0 Å². The highest BCUT2D eigenvalue weighted by Crippen LogP contribution is 2.22. The predicted molar refractivity (Wildman–Crippen MR) is 68.1 cm³/mol. The molecule has 0 radical (unpaired) electrons. The molecule has 0 atom stereocenters. The second-order valence-electron chi connectivity index (χ2n) is 4.33. The van der Waals surface area contributed by atoms with Crippen molar-refractivity contribution in [3.8, 4) is 11.4 Å². The first-order chi connectivity index (χ1) is 8.34. The normalized spacial score (nSPS) is 16.4. The molecule has 90 valence electrons. The van der Waals surface area contributed by atoms with E-state index in [0.29, 0.717) is 0 Å². The van der Waals surface area contributed by atoms with Gasteiger partial charge in [-0.05, 0) is 12.1 Å². The molecular weight excluding hydrogens is 214 g/mol. The Morgan fingerprint density at radius 1 is 1.29 bits per heavy atom. The zero-order chi connectivity index (χ0) is 11.7. The lowest BCUT2D eigenvalue weighted by molar-refractivity contribution is 0.581. The van der Waals surface area contributed by atoms with Crippen molar-refractivity contribution in [3.63, 3.8) is 0 Å². The monoisotopic (exact) mass is 231 g/mol. The molecular formula is C12H17N5. The highest BCUT2D eigenvalue weighted by molar-refractivity contribution is 5.60. The summed E-state index contributed by atoms with van der Waals surface area (Å²) in [6.45, 7) is 4.13. The minimum atomic E-state index is 1.03. The van der Waals surface area contributed by atoms with Crippen molar-refractivity contribution < 1.29 is 0 Å². The second kappa shape index (κ2) is 4.25. The average Bonchev–Trinajstić information content (AvgIpc) is 2.99. The van der Waals surface area contributed by atoms with Gasteiger partial charge in [-0.3, -0.25) is 4.68 Å². The highest BCUT2D eigenvalue weighted by Gasteiger charge is 2.15. The van der Waals surface area contributed by atoms with Crippen molar-refractivity contribution >= 4 is 5.82 Å². The molecule has 0 bridgehead atoms. The standard InChI is InChI=1S/C12H17N5/c1-16-11(10-3-2-4-14-10)9-12(15-16)17-7-5-13-6-8-17/h2-4,9,13-14H,5-8H2,1H3. The van der Waals surface area contributed by atoms with E-state index in [2.05, 4.69) is 32.4 Å². The molecule has 17 heavy (non-hydrogen) atoms. The van der Waals surface area contributed by atoms with Crippen LogP contribution < -0.4 is 10.2 Å². The summed E-state index contributed by atoms with van der Waals surface area (Å²) in [6.07, 6.45) is 1.94. The van der Waals surface area contributed by atoms with Gasteiger partial charge < -0.3 is 15.2 Å². The number of piperazine rings is 1. The fourth-order valence-corrected chi connectivity index (χ4v) is 2.24. The zero-order valence-electron chi connectivity index (χ0n) is 9.98. The van der Waals surface area contributed by atoms with Gasteiger partial charge in [-0.15, -0.1) is 0 Å². The Balaban J connectivity index is 1.90. The van der Waals surface area contributed by atoms with Gasteiger partial charge in [0, 0.05) is 45.5 Å². The van der Waals surface area contributed by atoms with E-state index in [-0.39, 0.29) is 0 Å². The van der Waals surface area contributed by atoms with Crippen LogP contribution in [0.2, 0.25) is 0 Å². The lowest BCUT2D eigenvalue weighted by atomic mass is 10.3. The van der Waals surface area contributed by atoms with Crippen LogP contribution in [0.5, 0.6) is 0 Å². The van der Waals surface area contributed by atoms with Gasteiger partial charge in [-0.2, -0.15) is 5.10 Å². The van der Waals surface area contributed by atoms with Crippen LogP contribution in [0.1, 0.15) is 0 Å². The Morgan fingerprint density at radius 2 is 2.12 bits per heavy atom. The molecule has 0 saturated carbocycles. The molecule has 1 aliphatic rings. The van der Waals surface area contributed by atoms with Gasteiger partial charge in [0.05, 0.1) is 11.4 Å². The third-order valence-corrected chi connectivity index (χ3v) is 3.18. The number of aromatic amines is 1. The molecule has 2 aromatic rings. The number of anilines is 1. The number of aromatic nitrogens is 3. The van der Waals surface area contributed by atoms with Crippen LogP contribution in [0.4, 0.5) is 5.82 Å². The molecule has 0 unspecified atom stereocenters. The van der Waals surface area contributed by atoms with Crippen molar-refractivity contribution in [2.75, 3.05) is 31.1 Å². The third kappa shape index (κ3) is 1.93. The lowest BCUT2D eigenvalue weighted by Gasteiger charge is -2.26. The van der Waals surface area contributed by atoms with E-state index in [1.807, 2.05) is 24.0 Å². The van der Waals surface area contributed by atoms with Gasteiger partial charge in [0.2, 0.25) is 0 Å². The van der Waals surface area contributed by atoms with Crippen LogP contribution in [0.3, 0.4) is 0 Å². The Kier molecular flexibility index (Phi) is 2.60. The number of rotatable bonds is 2. The van der Waals surface area contributed by atoms with Gasteiger partial charge in [-0.25, -0.2) is 0 Å². The van der Waals surface area contributed by atoms with E-state index in [4.69, 9.17) is 0 Å². The molecule has 2 aromatic heterocycles. The zero-order valence-corrected chi connectivity index (χ0v) is 9.98. The Labute approximate surface area is 100 Å². The minimum absolute atomic E-state index is 1.03. The van der Waals surface area contributed by atoms with Crippen LogP contribution in [0.25, 0.3) is 11.4 Å². The molecule has 0 spiro atoms. The number of H-pyrrole nitrogens is 1. The number of aryl methyl sites for hydroxylation is 1. The maximum absolute atomic E-state index is 4.59. The maximum Gasteiger partial charge on any atom is 0.151 e. The molecule has 2 N–H and O–H groups in total. The summed E-state index contributed by atoms with van der Waals surface area (Å²) >= 11 is 0. The van der Waals surface area contributed by atoms with Crippen LogP contribution in [-0.4, -0.2) is 40.9 Å². The summed E-state index contributed by atoms with van der Waals surface area (Å²) in [7, 11) is 1.99. The maximum atomic E-state index is 4.59. The fraction of sp³-hybridized carbons (Fsp3) is 0.417. The first-order valence-corrected chi connectivity index (χ1v) is 5.98. The highest BCUT2D eigenvalue weighted by atomic mass is 15.4. The number of nitrogens with one attached hydrogen (secondary N) is 2. The molecule has 0 aromatic carbocycles. The Morgan fingerprint density at radius 3 is 2.82 bits per heavy atom. The minimum Gasteiger partial charge on any atom is -0.360 e. The van der Waals surface area contributed by atoms with E-state index >= 15 is 0 Å². The van der Waals surface area contributed by atoms with E-state index in [0.717, 1.165) is 43.4 Å². The van der Waals surface area contributed by atoms with Crippen LogP contribution in [0.15, 0.2) is 24.4 Å². The number of nitrogens with zero attached hydrogens (tertiary/aromatic N) is 3. The van der Waals surface area contributed by atoms with Gasteiger partial charge in [0.15, 0.2) is 5.82 Å². The summed E-state index contributed by atoms with van der Waals surface area (Å²) in [5.74, 6) is 1.07. The predicted octanol–water partition coefficient (Wildman–Crippen LogP) is 0.825. The topological polar surface area (TPSA) is 48.9 Å². The summed E-state index contributed by atoms with van der Waals surface area (Å²) in [6, 6.07) is 6.22. The molecule has 3 heterocycles. The van der Waals surface area contributed by atoms with Crippen molar-refractivity contribution in [3.05, 3.63) is 24.4 Å². The van der Waals surface area contributed by atoms with E-state index < -0.39 is 0 Å². The first-order valence-electron chi connectivity index (χ1n) is 5.98. The van der Waals surface area contributed by atoms with Crippen molar-refractivity contribution in [2.24, 2.45) is 7.05 Å². The van der Waals surface area contributed by atoms with Gasteiger partial charge in [-0.1, -0.05) is 0 Å². The van der Waals surface area contributed by atoms with E-state index in [1.165, 1.54) is 0 Å². The second-order valence-corrected chi connectivity index (χ2v) is 4.33. The molecule has 5 nitrogen and oxygen atoms in total. The number of hydrogen-bond acceptors (Lipinski definition) is 3. The Hall–Kier alpha value is -1.75. The summed E-state index contributed by atoms with van der Waals surface area (Å²) in [5, 5.41) is 7.94. The van der Waals surface area contributed by atoms with Crippen LogP contribution >= 0.6 is 0 Å². The molecule has 1 aliphatic heterocycles. The molecule has 0 aliphatic carbocycles. The first kappa shape index (κ1) is 10.4. The smallest absolute Gasteiger partial charge is 0.151 e. The van der Waals surface area contributed by atoms with E-state index in [9.17, 15) is 0 Å². The van der Waals surface area contributed by atoms with Crippen molar-refractivity contribution in [2.45, 2.75) is 0 Å². The van der Waals surface area contributed by atoms with Crippen LogP contribution in [-0.2, 0) is 7.05 Å². The molecule has 3 rings (SSSR count). The summed E-state index contributed by atoms with van der Waals surface area (Å²) < 4.78 is 1.93. The lowest BCUT2D eigenvalue weighted by Crippen LogP contribution is -2.43. The van der Waals surface area contributed by atoms with Gasteiger partial charge in [0.1, 0.15) is 0 Å². The average molecular weight is 231 g/mol. The quantitative estimate of drug-likeness (QED) is 0.804. The fourth-order valence-electron chi connectivity index (χ4n) is 2.24. The summed E-state index contributed by atoms with van der Waals surface area (Å²) in [4.78, 5) is 5.54. The SMILES string of the molecule is Cn1nc(N2CCNCC2)cc1-c1ccc[nH]1. The van der Waals surface area contributed by atoms with Crippen LogP contribution in [0, 0.1) is 0 Å². The van der Waals surface area contributed by atoms with Crippen molar-refractivity contribution in [1.29, 1.82) is 0 Å². The Bertz CT molecular complexity index is 479. The molecule has 1 saturated heterocycles. The largest absolute Gasteiger partial charge is 0.360 e. The molecule has 5 heteroatoms. The van der Waals surface area contributed by atoms with Gasteiger partial charge >= 0.3 is 0 Å². The summed E-state index contributed by atoms with van der Waals surface area (Å²) in [5.41, 5.74) is 2.24. The third-order valence-electron chi connectivity index (χ3n) is 3.18. The van der Waals surface area contributed by atoms with Crippen molar-refractivity contribution in [1.82, 2.24) is 20.1 Å². The molecule has 0 amide bonds. The van der Waals surface area contributed by atoms with Gasteiger partial charge in [0.25, 0.3) is 0 Å².